The first-order valence-electron chi connectivity index (χ1n) is 8.09. The van der Waals surface area contributed by atoms with Gasteiger partial charge in [0.05, 0.1) is 12.7 Å². The van der Waals surface area contributed by atoms with Gasteiger partial charge in [0, 0.05) is 31.9 Å². The number of nitrogens with one attached hydrogen (secondary N) is 2. The fourth-order valence-electron chi connectivity index (χ4n) is 2.64. The largest absolute Gasteiger partial charge is 0.374 e. The second-order valence-electron chi connectivity index (χ2n) is 6.45. The zero-order valence-corrected chi connectivity index (χ0v) is 14.9. The topological polar surface area (TPSA) is 36.5 Å². The van der Waals surface area contributed by atoms with Crippen LogP contribution in [0.25, 0.3) is 0 Å². The van der Waals surface area contributed by atoms with E-state index in [1.54, 1.807) is 13.0 Å². The Morgan fingerprint density at radius 3 is 2.96 bits per heavy atom. The van der Waals surface area contributed by atoms with Crippen molar-refractivity contribution in [1.82, 2.24) is 10.2 Å². The molecule has 1 aliphatic heterocycles. The van der Waals surface area contributed by atoms with E-state index in [9.17, 15) is 4.39 Å². The molecule has 0 radical (unpaired) electrons. The van der Waals surface area contributed by atoms with Crippen LogP contribution in [-0.4, -0.2) is 48.9 Å². The third kappa shape index (κ3) is 6.05. The number of morpholine rings is 1. The molecule has 0 spiro atoms. The van der Waals surface area contributed by atoms with Crippen molar-refractivity contribution >= 4 is 23.0 Å². The zero-order chi connectivity index (χ0) is 16.8. The number of ether oxygens (including phenoxy) is 1. The molecule has 6 heteroatoms. The zero-order valence-electron chi connectivity index (χ0n) is 14.1. The van der Waals surface area contributed by atoms with E-state index >= 15 is 0 Å². The Bertz CT molecular complexity index is 539. The molecule has 0 aliphatic carbocycles. The molecule has 0 saturated carbocycles. The summed E-state index contributed by atoms with van der Waals surface area (Å²) in [5, 5.41) is 6.64. The van der Waals surface area contributed by atoms with Gasteiger partial charge in [0.25, 0.3) is 0 Å². The molecule has 1 saturated heterocycles. The molecule has 1 aromatic carbocycles. The minimum atomic E-state index is -0.238. The van der Waals surface area contributed by atoms with Gasteiger partial charge < -0.3 is 15.4 Å². The number of hydrogen-bond donors (Lipinski definition) is 2. The van der Waals surface area contributed by atoms with Crippen LogP contribution < -0.4 is 10.6 Å². The highest BCUT2D eigenvalue weighted by atomic mass is 32.1. The predicted molar refractivity (Wildman–Crippen MR) is 96.4 cm³/mol. The number of aryl methyl sites for hydroxylation is 1. The van der Waals surface area contributed by atoms with E-state index in [0.717, 1.165) is 26.2 Å². The molecular weight excluding hydrogens is 313 g/mol. The molecule has 0 bridgehead atoms. The Morgan fingerprint density at radius 1 is 1.48 bits per heavy atom. The molecule has 0 aromatic heterocycles. The number of nitrogens with zero attached hydrogens (tertiary/aromatic N) is 1. The quantitative estimate of drug-likeness (QED) is 0.807. The fourth-order valence-corrected chi connectivity index (χ4v) is 2.84. The van der Waals surface area contributed by atoms with Crippen LogP contribution in [-0.2, 0) is 4.74 Å². The lowest BCUT2D eigenvalue weighted by molar-refractivity contribution is -0.0283. The molecule has 1 fully saturated rings. The van der Waals surface area contributed by atoms with Gasteiger partial charge in [-0.1, -0.05) is 19.9 Å². The normalized spacial score (nSPS) is 18.9. The Balaban J connectivity index is 1.76. The SMILES string of the molecule is Cc1ccc(NC(=S)NC[C@@H]2CN(CC(C)C)CCO2)cc1F. The molecule has 0 unspecified atom stereocenters. The highest BCUT2D eigenvalue weighted by Gasteiger charge is 2.20. The number of benzene rings is 1. The molecule has 1 aliphatic rings. The number of anilines is 1. The van der Waals surface area contributed by atoms with E-state index in [1.807, 2.05) is 6.07 Å². The predicted octanol–water partition coefficient (Wildman–Crippen LogP) is 2.78. The van der Waals surface area contributed by atoms with Crippen LogP contribution in [0, 0.1) is 18.7 Å². The summed E-state index contributed by atoms with van der Waals surface area (Å²) < 4.78 is 19.3. The maximum Gasteiger partial charge on any atom is 0.170 e. The van der Waals surface area contributed by atoms with Gasteiger partial charge in [-0.2, -0.15) is 0 Å². The molecule has 1 aromatic rings. The lowest BCUT2D eigenvalue weighted by Gasteiger charge is -2.34. The summed E-state index contributed by atoms with van der Waals surface area (Å²) >= 11 is 5.27. The van der Waals surface area contributed by atoms with E-state index < -0.39 is 0 Å². The van der Waals surface area contributed by atoms with Gasteiger partial charge in [0.15, 0.2) is 5.11 Å². The van der Waals surface area contributed by atoms with Crippen molar-refractivity contribution in [2.24, 2.45) is 5.92 Å². The first kappa shape index (κ1) is 18.1. The highest BCUT2D eigenvalue weighted by molar-refractivity contribution is 7.80. The number of halogens is 1. The first-order valence-corrected chi connectivity index (χ1v) is 8.50. The van der Waals surface area contributed by atoms with Crippen molar-refractivity contribution < 1.29 is 9.13 Å². The number of thiocarbonyl (C=S) groups is 1. The Hall–Kier alpha value is -1.24. The van der Waals surface area contributed by atoms with E-state index in [1.165, 1.54) is 6.07 Å². The van der Waals surface area contributed by atoms with Crippen LogP contribution in [0.2, 0.25) is 0 Å². The average Bonchev–Trinajstić information content (AvgIpc) is 2.49. The molecule has 1 atom stereocenters. The summed E-state index contributed by atoms with van der Waals surface area (Å²) in [6.45, 7) is 10.6. The maximum absolute atomic E-state index is 13.5. The monoisotopic (exact) mass is 339 g/mol. The van der Waals surface area contributed by atoms with Gasteiger partial charge in [-0.15, -0.1) is 0 Å². The average molecular weight is 339 g/mol. The summed E-state index contributed by atoms with van der Waals surface area (Å²) in [6, 6.07) is 4.99. The van der Waals surface area contributed by atoms with Crippen LogP contribution in [0.4, 0.5) is 10.1 Å². The Labute approximate surface area is 143 Å². The number of hydrogen-bond acceptors (Lipinski definition) is 3. The van der Waals surface area contributed by atoms with Gasteiger partial charge in [-0.05, 0) is 42.8 Å². The van der Waals surface area contributed by atoms with E-state index in [0.29, 0.717) is 28.8 Å². The van der Waals surface area contributed by atoms with Crippen LogP contribution in [0.3, 0.4) is 0 Å². The van der Waals surface area contributed by atoms with E-state index in [4.69, 9.17) is 17.0 Å². The van der Waals surface area contributed by atoms with Gasteiger partial charge in [-0.3, -0.25) is 4.90 Å². The summed E-state index contributed by atoms with van der Waals surface area (Å²) in [5.41, 5.74) is 1.27. The lowest BCUT2D eigenvalue weighted by atomic mass is 10.2. The molecule has 1 heterocycles. The maximum atomic E-state index is 13.5. The van der Waals surface area contributed by atoms with Crippen LogP contribution in [0.1, 0.15) is 19.4 Å². The van der Waals surface area contributed by atoms with Crippen LogP contribution in [0.15, 0.2) is 18.2 Å². The van der Waals surface area contributed by atoms with Gasteiger partial charge in [-0.25, -0.2) is 4.39 Å². The van der Waals surface area contributed by atoms with E-state index in [2.05, 4.69) is 29.4 Å². The van der Waals surface area contributed by atoms with Crippen molar-refractivity contribution in [3.8, 4) is 0 Å². The van der Waals surface area contributed by atoms with Crippen molar-refractivity contribution in [3.63, 3.8) is 0 Å². The molecule has 2 rings (SSSR count). The van der Waals surface area contributed by atoms with Crippen molar-refractivity contribution in [1.29, 1.82) is 0 Å². The van der Waals surface area contributed by atoms with Gasteiger partial charge in [0.2, 0.25) is 0 Å². The second kappa shape index (κ2) is 8.57. The molecule has 0 amide bonds. The molecule has 128 valence electrons. The third-order valence-corrected chi connectivity index (χ3v) is 4.01. The standard InChI is InChI=1S/C17H26FN3OS/c1-12(2)10-21-6-7-22-15(11-21)9-19-17(23)20-14-5-4-13(3)16(18)8-14/h4-5,8,12,15H,6-7,9-11H2,1-3H3,(H2,19,20,23)/t15-/m1/s1. The smallest absolute Gasteiger partial charge is 0.170 e. The van der Waals surface area contributed by atoms with E-state index in [-0.39, 0.29) is 11.9 Å². The number of rotatable bonds is 5. The Morgan fingerprint density at radius 2 is 2.26 bits per heavy atom. The van der Waals surface area contributed by atoms with Crippen LogP contribution >= 0.6 is 12.2 Å². The Kier molecular flexibility index (Phi) is 6.74. The molecular formula is C17H26FN3OS. The first-order chi connectivity index (χ1) is 10.9. The minimum absolute atomic E-state index is 0.122. The van der Waals surface area contributed by atoms with Crippen molar-refractivity contribution in [2.45, 2.75) is 26.9 Å². The highest BCUT2D eigenvalue weighted by Crippen LogP contribution is 2.13. The third-order valence-electron chi connectivity index (χ3n) is 3.77. The van der Waals surface area contributed by atoms with Crippen molar-refractivity contribution in [2.75, 3.05) is 38.1 Å². The summed E-state index contributed by atoms with van der Waals surface area (Å²) in [6.07, 6.45) is 0.122. The summed E-state index contributed by atoms with van der Waals surface area (Å²) in [5.74, 6) is 0.415. The van der Waals surface area contributed by atoms with Crippen molar-refractivity contribution in [3.05, 3.63) is 29.6 Å². The minimum Gasteiger partial charge on any atom is -0.374 e. The summed E-state index contributed by atoms with van der Waals surface area (Å²) in [7, 11) is 0. The second-order valence-corrected chi connectivity index (χ2v) is 6.85. The summed E-state index contributed by atoms with van der Waals surface area (Å²) in [4.78, 5) is 2.42. The molecule has 2 N–H and O–H groups in total. The molecule has 23 heavy (non-hydrogen) atoms. The molecule has 4 nitrogen and oxygen atoms in total. The fraction of sp³-hybridized carbons (Fsp3) is 0.588. The van der Waals surface area contributed by atoms with Gasteiger partial charge >= 0.3 is 0 Å². The van der Waals surface area contributed by atoms with Crippen LogP contribution in [0.5, 0.6) is 0 Å². The lowest BCUT2D eigenvalue weighted by Crippen LogP contribution is -2.48. The van der Waals surface area contributed by atoms with Gasteiger partial charge in [0.1, 0.15) is 5.82 Å².